The molecule has 1 aromatic carbocycles. The maximum atomic E-state index is 12.6. The van der Waals surface area contributed by atoms with Crippen molar-refractivity contribution in [3.63, 3.8) is 0 Å². The molecule has 0 bridgehead atoms. The lowest BCUT2D eigenvalue weighted by atomic mass is 10.3. The molecule has 1 N–H and O–H groups in total. The zero-order valence-electron chi connectivity index (χ0n) is 14.2. The zero-order chi connectivity index (χ0) is 20.9. The van der Waals surface area contributed by atoms with E-state index < -0.39 is 41.3 Å². The Labute approximate surface area is 167 Å². The number of benzene rings is 1. The topological polar surface area (TPSA) is 77.5 Å². The largest absolute Gasteiger partial charge is 0.479 e. The van der Waals surface area contributed by atoms with E-state index in [1.807, 2.05) is 0 Å². The molecule has 0 aliphatic heterocycles. The predicted octanol–water partition coefficient (Wildman–Crippen LogP) is 4.36. The lowest BCUT2D eigenvalue weighted by molar-refractivity contribution is -0.153. The molecule has 28 heavy (non-hydrogen) atoms. The number of halogens is 5. The molecule has 1 amide bonds. The van der Waals surface area contributed by atoms with E-state index in [0.29, 0.717) is 23.0 Å². The number of alkyl halides is 3. The third kappa shape index (κ3) is 6.28. The highest BCUT2D eigenvalue weighted by Gasteiger charge is 2.31. The molecule has 1 aromatic heterocycles. The Morgan fingerprint density at radius 3 is 2.43 bits per heavy atom. The van der Waals surface area contributed by atoms with Crippen molar-refractivity contribution in [3.05, 3.63) is 52.1 Å². The van der Waals surface area contributed by atoms with Crippen LogP contribution in [-0.4, -0.2) is 29.6 Å². The summed E-state index contributed by atoms with van der Waals surface area (Å²) in [6, 6.07) is 6.87. The van der Waals surface area contributed by atoms with Gasteiger partial charge in [0.25, 0.3) is 5.91 Å². The van der Waals surface area contributed by atoms with Crippen molar-refractivity contribution < 1.29 is 32.2 Å². The van der Waals surface area contributed by atoms with Gasteiger partial charge in [-0.2, -0.15) is 13.2 Å². The number of hydrogen-bond acceptors (Lipinski definition) is 5. The lowest BCUT2D eigenvalue weighted by Gasteiger charge is -2.14. The first-order valence-electron chi connectivity index (χ1n) is 7.67. The van der Waals surface area contributed by atoms with Gasteiger partial charge in [0.15, 0.2) is 18.5 Å². The second kappa shape index (κ2) is 9.11. The molecule has 0 spiro atoms. The highest BCUT2D eigenvalue weighted by molar-refractivity contribution is 6.33. The van der Waals surface area contributed by atoms with E-state index in [9.17, 15) is 22.8 Å². The molecule has 2 aromatic rings. The molecule has 6 nitrogen and oxygen atoms in total. The smallest absolute Gasteiger partial charge is 0.417 e. The van der Waals surface area contributed by atoms with Crippen molar-refractivity contribution in [2.24, 2.45) is 0 Å². The summed E-state index contributed by atoms with van der Waals surface area (Å²) in [5.74, 6) is -1.57. The fourth-order valence-electron chi connectivity index (χ4n) is 1.87. The monoisotopic (exact) mass is 436 g/mol. The van der Waals surface area contributed by atoms with Gasteiger partial charge in [-0.1, -0.05) is 23.2 Å². The van der Waals surface area contributed by atoms with Crippen LogP contribution in [0.25, 0.3) is 0 Å². The van der Waals surface area contributed by atoms with Crippen LogP contribution in [0, 0.1) is 0 Å². The Kier molecular flexibility index (Phi) is 7.09. The summed E-state index contributed by atoms with van der Waals surface area (Å²) < 4.78 is 47.8. The van der Waals surface area contributed by atoms with Gasteiger partial charge in [-0.05, 0) is 37.3 Å². The first-order chi connectivity index (χ1) is 13.1. The van der Waals surface area contributed by atoms with Gasteiger partial charge in [-0.15, -0.1) is 0 Å². The van der Waals surface area contributed by atoms with Crippen LogP contribution in [0.4, 0.5) is 19.0 Å². The molecule has 1 heterocycles. The maximum Gasteiger partial charge on any atom is 0.417 e. The maximum absolute atomic E-state index is 12.6. The minimum Gasteiger partial charge on any atom is -0.479 e. The Morgan fingerprint density at radius 2 is 1.86 bits per heavy atom. The summed E-state index contributed by atoms with van der Waals surface area (Å²) in [5.41, 5.74) is -1.06. The number of nitrogens with one attached hydrogen (secondary N) is 1. The average Bonchev–Trinajstić information content (AvgIpc) is 2.62. The number of nitrogens with zero attached hydrogens (tertiary/aromatic N) is 1. The molecule has 0 radical (unpaired) electrons. The third-order valence-corrected chi connectivity index (χ3v) is 3.77. The summed E-state index contributed by atoms with van der Waals surface area (Å²) in [6.07, 6.45) is -5.11. The fourth-order valence-corrected chi connectivity index (χ4v) is 2.21. The van der Waals surface area contributed by atoms with E-state index in [4.69, 9.17) is 32.7 Å². The van der Waals surface area contributed by atoms with Crippen LogP contribution in [0.1, 0.15) is 12.5 Å². The molecule has 0 aliphatic carbocycles. The predicted molar refractivity (Wildman–Crippen MR) is 95.4 cm³/mol. The molecule has 1 atom stereocenters. The zero-order valence-corrected chi connectivity index (χ0v) is 15.7. The van der Waals surface area contributed by atoms with E-state index in [1.165, 1.54) is 6.92 Å². The van der Waals surface area contributed by atoms with Crippen molar-refractivity contribution in [2.75, 3.05) is 11.9 Å². The van der Waals surface area contributed by atoms with Crippen LogP contribution in [-0.2, 0) is 20.5 Å². The molecular weight excluding hydrogens is 424 g/mol. The Morgan fingerprint density at radius 1 is 1.21 bits per heavy atom. The number of amides is 1. The van der Waals surface area contributed by atoms with Gasteiger partial charge in [0.05, 0.1) is 10.6 Å². The van der Waals surface area contributed by atoms with Gasteiger partial charge in [-0.25, -0.2) is 9.78 Å². The molecule has 1 unspecified atom stereocenters. The minimum atomic E-state index is -4.62. The summed E-state index contributed by atoms with van der Waals surface area (Å²) in [5, 5.41) is 2.24. The van der Waals surface area contributed by atoms with Crippen molar-refractivity contribution in [1.29, 1.82) is 0 Å². The summed E-state index contributed by atoms with van der Waals surface area (Å²) in [6.45, 7) is 0.718. The van der Waals surface area contributed by atoms with E-state index in [-0.39, 0.29) is 5.82 Å². The van der Waals surface area contributed by atoms with Crippen LogP contribution in [0.5, 0.6) is 5.75 Å². The van der Waals surface area contributed by atoms with Crippen LogP contribution in [0.15, 0.2) is 36.5 Å². The van der Waals surface area contributed by atoms with Crippen LogP contribution in [0.3, 0.4) is 0 Å². The van der Waals surface area contributed by atoms with E-state index in [1.54, 1.807) is 24.3 Å². The van der Waals surface area contributed by atoms with Crippen molar-refractivity contribution in [3.8, 4) is 5.75 Å². The second-order valence-corrected chi connectivity index (χ2v) is 6.27. The first-order valence-corrected chi connectivity index (χ1v) is 8.43. The first kappa shape index (κ1) is 21.8. The van der Waals surface area contributed by atoms with Gasteiger partial charge >= 0.3 is 12.1 Å². The molecule has 150 valence electrons. The molecule has 0 saturated carbocycles. The van der Waals surface area contributed by atoms with E-state index in [0.717, 1.165) is 0 Å². The van der Waals surface area contributed by atoms with Gasteiger partial charge in [0.1, 0.15) is 5.75 Å². The van der Waals surface area contributed by atoms with E-state index >= 15 is 0 Å². The third-order valence-electron chi connectivity index (χ3n) is 3.23. The summed E-state index contributed by atoms with van der Waals surface area (Å²) in [7, 11) is 0. The normalized spacial score (nSPS) is 12.2. The number of ether oxygens (including phenoxy) is 2. The Bertz CT molecular complexity index is 860. The molecule has 11 heteroatoms. The van der Waals surface area contributed by atoms with Crippen molar-refractivity contribution in [2.45, 2.75) is 19.2 Å². The summed E-state index contributed by atoms with van der Waals surface area (Å²) >= 11 is 11.4. The number of hydrogen-bond donors (Lipinski definition) is 1. The number of pyridine rings is 1. The molecule has 0 saturated heterocycles. The lowest BCUT2D eigenvalue weighted by Crippen LogP contribution is -2.30. The number of aromatic nitrogens is 1. The van der Waals surface area contributed by atoms with Crippen molar-refractivity contribution >= 4 is 40.9 Å². The van der Waals surface area contributed by atoms with Crippen LogP contribution < -0.4 is 10.1 Å². The SMILES string of the molecule is CC(Oc1ccc(Cl)cc1)C(=O)OCC(=O)Nc1ncc(C(F)(F)F)cc1Cl. The van der Waals surface area contributed by atoms with Crippen LogP contribution >= 0.6 is 23.2 Å². The Hall–Kier alpha value is -2.52. The standard InChI is InChI=1S/C17H13Cl2F3N2O4/c1-9(28-12-4-2-11(18)3-5-12)16(26)27-8-14(25)24-15-13(19)6-10(7-23-15)17(20,21)22/h2-7,9H,8H2,1H3,(H,23,24,25). The number of carbonyl (C=O) groups excluding carboxylic acids is 2. The molecule has 0 fully saturated rings. The number of anilines is 1. The molecule has 0 aliphatic rings. The van der Waals surface area contributed by atoms with Gasteiger partial charge in [0.2, 0.25) is 0 Å². The quantitative estimate of drug-likeness (QED) is 0.680. The molecule has 2 rings (SSSR count). The Balaban J connectivity index is 1.86. The van der Waals surface area contributed by atoms with Gasteiger partial charge < -0.3 is 14.8 Å². The van der Waals surface area contributed by atoms with Crippen molar-refractivity contribution in [1.82, 2.24) is 4.98 Å². The fraction of sp³-hybridized carbons (Fsp3) is 0.235. The second-order valence-electron chi connectivity index (χ2n) is 5.42. The molecular formula is C17H13Cl2F3N2O4. The average molecular weight is 437 g/mol. The highest BCUT2D eigenvalue weighted by Crippen LogP contribution is 2.32. The van der Waals surface area contributed by atoms with Gasteiger partial charge in [0, 0.05) is 11.2 Å². The van der Waals surface area contributed by atoms with Crippen LogP contribution in [0.2, 0.25) is 10.0 Å². The number of carbonyl (C=O) groups is 2. The van der Waals surface area contributed by atoms with Gasteiger partial charge in [-0.3, -0.25) is 4.79 Å². The number of esters is 1. The highest BCUT2D eigenvalue weighted by atomic mass is 35.5. The summed E-state index contributed by atoms with van der Waals surface area (Å²) in [4.78, 5) is 27.1. The number of rotatable bonds is 6. The minimum absolute atomic E-state index is 0.291. The van der Waals surface area contributed by atoms with E-state index in [2.05, 4.69) is 10.3 Å².